The highest BCUT2D eigenvalue weighted by atomic mass is 32.1. The van der Waals surface area contributed by atoms with Crippen LogP contribution in [0.15, 0.2) is 24.4 Å². The summed E-state index contributed by atoms with van der Waals surface area (Å²) in [5.74, 6) is -0.476. The van der Waals surface area contributed by atoms with Crippen LogP contribution in [-0.2, 0) is 13.0 Å². The van der Waals surface area contributed by atoms with Gasteiger partial charge in [0.05, 0.1) is 12.1 Å². The van der Waals surface area contributed by atoms with Crippen LogP contribution in [-0.4, -0.2) is 10.9 Å². The molecule has 0 atom stereocenters. The number of amides is 1. The van der Waals surface area contributed by atoms with Gasteiger partial charge in [-0.3, -0.25) is 4.79 Å². The molecule has 6 heteroatoms. The summed E-state index contributed by atoms with van der Waals surface area (Å²) in [5.41, 5.74) is 12.7. The minimum Gasteiger partial charge on any atom is -0.399 e. The first-order valence-corrected chi connectivity index (χ1v) is 6.78. The van der Waals surface area contributed by atoms with Gasteiger partial charge in [-0.05, 0) is 24.6 Å². The molecule has 0 radical (unpaired) electrons. The second-order valence-electron chi connectivity index (χ2n) is 4.10. The zero-order chi connectivity index (χ0) is 13.8. The zero-order valence-corrected chi connectivity index (χ0v) is 11.5. The van der Waals surface area contributed by atoms with Crippen molar-refractivity contribution in [1.82, 2.24) is 4.98 Å². The molecule has 0 aliphatic heterocycles. The number of primary amides is 1. The van der Waals surface area contributed by atoms with Crippen molar-refractivity contribution < 1.29 is 4.79 Å². The summed E-state index contributed by atoms with van der Waals surface area (Å²) < 4.78 is 0. The second-order valence-corrected chi connectivity index (χ2v) is 5.30. The van der Waals surface area contributed by atoms with Crippen molar-refractivity contribution in [3.05, 3.63) is 39.8 Å². The van der Waals surface area contributed by atoms with E-state index in [0.29, 0.717) is 23.5 Å². The Morgan fingerprint density at radius 2 is 2.26 bits per heavy atom. The van der Waals surface area contributed by atoms with Crippen molar-refractivity contribution in [3.8, 4) is 0 Å². The predicted molar refractivity (Wildman–Crippen MR) is 78.2 cm³/mol. The van der Waals surface area contributed by atoms with E-state index in [9.17, 15) is 4.79 Å². The van der Waals surface area contributed by atoms with Gasteiger partial charge in [0.1, 0.15) is 5.01 Å². The summed E-state index contributed by atoms with van der Waals surface area (Å²) in [5, 5.41) is 4.12. The van der Waals surface area contributed by atoms with Crippen molar-refractivity contribution in [2.75, 3.05) is 11.1 Å². The second kappa shape index (κ2) is 5.71. The smallest absolute Gasteiger partial charge is 0.250 e. The average Bonchev–Trinajstić information content (AvgIpc) is 2.84. The van der Waals surface area contributed by atoms with Crippen molar-refractivity contribution in [2.24, 2.45) is 5.73 Å². The van der Waals surface area contributed by atoms with Gasteiger partial charge in [-0.25, -0.2) is 4.98 Å². The Morgan fingerprint density at radius 3 is 2.89 bits per heavy atom. The number of carbonyl (C=O) groups excluding carboxylic acids is 1. The molecule has 2 aromatic rings. The number of benzene rings is 1. The van der Waals surface area contributed by atoms with Crippen LogP contribution in [0, 0.1) is 0 Å². The molecule has 5 N–H and O–H groups in total. The van der Waals surface area contributed by atoms with E-state index in [1.807, 2.05) is 6.20 Å². The van der Waals surface area contributed by atoms with Crippen molar-refractivity contribution >= 4 is 28.6 Å². The number of nitrogens with one attached hydrogen (secondary N) is 1. The van der Waals surface area contributed by atoms with E-state index in [2.05, 4.69) is 17.2 Å². The minimum absolute atomic E-state index is 0.432. The molecule has 0 aliphatic rings. The fourth-order valence-electron chi connectivity index (χ4n) is 1.69. The third-order valence-electron chi connectivity index (χ3n) is 2.69. The summed E-state index contributed by atoms with van der Waals surface area (Å²) in [6, 6.07) is 4.98. The molecule has 5 nitrogen and oxygen atoms in total. The van der Waals surface area contributed by atoms with Gasteiger partial charge in [-0.15, -0.1) is 11.3 Å². The summed E-state index contributed by atoms with van der Waals surface area (Å²) in [4.78, 5) is 16.9. The third-order valence-corrected chi connectivity index (χ3v) is 3.83. The Bertz CT molecular complexity index is 594. The maximum Gasteiger partial charge on any atom is 0.250 e. The first-order valence-electron chi connectivity index (χ1n) is 5.97. The van der Waals surface area contributed by atoms with Crippen molar-refractivity contribution in [2.45, 2.75) is 19.9 Å². The van der Waals surface area contributed by atoms with E-state index in [0.717, 1.165) is 11.4 Å². The summed E-state index contributed by atoms with van der Waals surface area (Å²) >= 11 is 1.65. The number of nitrogen functional groups attached to an aromatic ring is 1. The van der Waals surface area contributed by atoms with Crippen LogP contribution in [0.5, 0.6) is 0 Å². The van der Waals surface area contributed by atoms with E-state index >= 15 is 0 Å². The molecule has 1 heterocycles. The zero-order valence-electron chi connectivity index (χ0n) is 10.6. The lowest BCUT2D eigenvalue weighted by Crippen LogP contribution is -2.14. The van der Waals surface area contributed by atoms with Gasteiger partial charge in [-0.2, -0.15) is 0 Å². The van der Waals surface area contributed by atoms with E-state index in [1.165, 1.54) is 4.88 Å². The van der Waals surface area contributed by atoms with Gasteiger partial charge in [0.2, 0.25) is 0 Å². The highest BCUT2D eigenvalue weighted by molar-refractivity contribution is 7.11. The Kier molecular flexibility index (Phi) is 4.01. The monoisotopic (exact) mass is 276 g/mol. The molecule has 0 unspecified atom stereocenters. The van der Waals surface area contributed by atoms with Crippen LogP contribution >= 0.6 is 11.3 Å². The van der Waals surface area contributed by atoms with Crippen LogP contribution < -0.4 is 16.8 Å². The normalized spacial score (nSPS) is 10.4. The lowest BCUT2D eigenvalue weighted by atomic mass is 10.1. The van der Waals surface area contributed by atoms with E-state index < -0.39 is 5.91 Å². The average molecular weight is 276 g/mol. The molecule has 19 heavy (non-hydrogen) atoms. The van der Waals surface area contributed by atoms with Crippen molar-refractivity contribution in [3.63, 3.8) is 0 Å². The fraction of sp³-hybridized carbons (Fsp3) is 0.231. The summed E-state index contributed by atoms with van der Waals surface area (Å²) in [6.45, 7) is 2.64. The lowest BCUT2D eigenvalue weighted by Gasteiger charge is -2.09. The topological polar surface area (TPSA) is 94.0 Å². The minimum atomic E-state index is -0.476. The van der Waals surface area contributed by atoms with Crippen LogP contribution in [0.1, 0.15) is 27.2 Å². The number of hydrogen-bond donors (Lipinski definition) is 3. The molecule has 1 aromatic carbocycles. The first kappa shape index (κ1) is 13.4. The number of hydrogen-bond acceptors (Lipinski definition) is 5. The molecule has 1 aromatic heterocycles. The molecule has 0 bridgehead atoms. The fourth-order valence-corrected chi connectivity index (χ4v) is 2.49. The Balaban J connectivity index is 2.14. The molecule has 0 fully saturated rings. The van der Waals surface area contributed by atoms with Gasteiger partial charge < -0.3 is 16.8 Å². The molecule has 1 amide bonds. The van der Waals surface area contributed by atoms with Gasteiger partial charge in [0, 0.05) is 22.4 Å². The first-order chi connectivity index (χ1) is 9.10. The number of nitrogens with two attached hydrogens (primary N) is 2. The van der Waals surface area contributed by atoms with Crippen LogP contribution in [0.2, 0.25) is 0 Å². The lowest BCUT2D eigenvalue weighted by molar-refractivity contribution is 0.100. The number of nitrogens with zero attached hydrogens (tertiary/aromatic N) is 1. The molecule has 0 saturated heterocycles. The third kappa shape index (κ3) is 3.23. The molecule has 0 aliphatic carbocycles. The van der Waals surface area contributed by atoms with Crippen molar-refractivity contribution in [1.29, 1.82) is 0 Å². The molecule has 2 rings (SSSR count). The number of rotatable bonds is 5. The Labute approximate surface area is 115 Å². The van der Waals surface area contributed by atoms with E-state index in [4.69, 9.17) is 11.5 Å². The summed E-state index contributed by atoms with van der Waals surface area (Å²) in [6.07, 6.45) is 2.85. The van der Waals surface area contributed by atoms with Crippen LogP contribution in [0.25, 0.3) is 0 Å². The molecule has 0 saturated carbocycles. The molecular formula is C13H16N4OS. The maximum absolute atomic E-state index is 11.3. The SMILES string of the molecule is CCc1cnc(CNc2cc(N)ccc2C(N)=O)s1. The van der Waals surface area contributed by atoms with Gasteiger partial charge in [-0.1, -0.05) is 6.92 Å². The highest BCUT2D eigenvalue weighted by Crippen LogP contribution is 2.21. The summed E-state index contributed by atoms with van der Waals surface area (Å²) in [7, 11) is 0. The number of anilines is 2. The van der Waals surface area contributed by atoms with Gasteiger partial charge in [0.25, 0.3) is 5.91 Å². The Morgan fingerprint density at radius 1 is 1.47 bits per heavy atom. The van der Waals surface area contributed by atoms with E-state index in [-0.39, 0.29) is 0 Å². The predicted octanol–water partition coefficient (Wildman–Crippen LogP) is 2.00. The quantitative estimate of drug-likeness (QED) is 0.728. The number of thiazole rings is 1. The highest BCUT2D eigenvalue weighted by Gasteiger charge is 2.09. The number of aromatic nitrogens is 1. The standard InChI is InChI=1S/C13H16N4OS/c1-2-9-6-17-12(19-9)7-16-11-5-8(14)3-4-10(11)13(15)18/h3-6,16H,2,7,14H2,1H3,(H2,15,18). The molecule has 100 valence electrons. The van der Waals surface area contributed by atoms with Gasteiger partial charge >= 0.3 is 0 Å². The number of aryl methyl sites for hydroxylation is 1. The van der Waals surface area contributed by atoms with Gasteiger partial charge in [0.15, 0.2) is 0 Å². The largest absolute Gasteiger partial charge is 0.399 e. The number of carbonyl (C=O) groups is 1. The Hall–Kier alpha value is -2.08. The molecule has 0 spiro atoms. The maximum atomic E-state index is 11.3. The van der Waals surface area contributed by atoms with E-state index in [1.54, 1.807) is 29.5 Å². The van der Waals surface area contributed by atoms with Crippen LogP contribution in [0.3, 0.4) is 0 Å². The molecular weight excluding hydrogens is 260 g/mol. The van der Waals surface area contributed by atoms with Crippen LogP contribution in [0.4, 0.5) is 11.4 Å².